The summed E-state index contributed by atoms with van der Waals surface area (Å²) in [4.78, 5) is 14.3. The zero-order valence-corrected chi connectivity index (χ0v) is 8.42. The SMILES string of the molecule is CC(C)(C)NC(N)=NCCC(N)=O. The smallest absolute Gasteiger partial charge is 0.219 e. The predicted molar refractivity (Wildman–Crippen MR) is 53.2 cm³/mol. The molecular formula is C8H18N4O. The quantitative estimate of drug-likeness (QED) is 0.412. The number of nitrogens with one attached hydrogen (secondary N) is 1. The highest BCUT2D eigenvalue weighted by molar-refractivity contribution is 5.79. The number of carbonyl (C=O) groups is 1. The van der Waals surface area contributed by atoms with Crippen LogP contribution in [-0.2, 0) is 4.79 Å². The highest BCUT2D eigenvalue weighted by Crippen LogP contribution is 1.96. The molecule has 0 aliphatic carbocycles. The Labute approximate surface area is 78.6 Å². The summed E-state index contributed by atoms with van der Waals surface area (Å²) in [6, 6.07) is 0. The number of primary amides is 1. The third kappa shape index (κ3) is 8.65. The fraction of sp³-hybridized carbons (Fsp3) is 0.750. The van der Waals surface area contributed by atoms with E-state index in [9.17, 15) is 4.79 Å². The van der Waals surface area contributed by atoms with Gasteiger partial charge in [0.05, 0.1) is 6.54 Å². The van der Waals surface area contributed by atoms with E-state index in [1.54, 1.807) is 0 Å². The van der Waals surface area contributed by atoms with Crippen LogP contribution in [-0.4, -0.2) is 24.0 Å². The van der Waals surface area contributed by atoms with Gasteiger partial charge >= 0.3 is 0 Å². The molecule has 0 radical (unpaired) electrons. The van der Waals surface area contributed by atoms with Crippen LogP contribution in [0.5, 0.6) is 0 Å². The highest BCUT2D eigenvalue weighted by Gasteiger charge is 2.09. The molecule has 5 nitrogen and oxygen atoms in total. The minimum atomic E-state index is -0.368. The average molecular weight is 186 g/mol. The summed E-state index contributed by atoms with van der Waals surface area (Å²) in [6.45, 7) is 6.26. The van der Waals surface area contributed by atoms with E-state index < -0.39 is 0 Å². The van der Waals surface area contributed by atoms with Gasteiger partial charge in [0.2, 0.25) is 5.91 Å². The molecule has 0 unspecified atom stereocenters. The molecule has 0 aliphatic heterocycles. The van der Waals surface area contributed by atoms with Gasteiger partial charge in [-0.15, -0.1) is 0 Å². The first-order valence-electron chi connectivity index (χ1n) is 4.17. The Hall–Kier alpha value is -1.26. The van der Waals surface area contributed by atoms with Crippen molar-refractivity contribution in [1.82, 2.24) is 5.32 Å². The van der Waals surface area contributed by atoms with Crippen LogP contribution in [0.3, 0.4) is 0 Å². The Kier molecular flexibility index (Phi) is 4.23. The second-order valence-electron chi connectivity index (χ2n) is 3.86. The van der Waals surface area contributed by atoms with Crippen LogP contribution < -0.4 is 16.8 Å². The van der Waals surface area contributed by atoms with E-state index in [1.165, 1.54) is 0 Å². The van der Waals surface area contributed by atoms with Gasteiger partial charge in [-0.3, -0.25) is 9.79 Å². The normalized spacial score (nSPS) is 12.7. The number of hydrogen-bond acceptors (Lipinski definition) is 2. The summed E-state index contributed by atoms with van der Waals surface area (Å²) in [7, 11) is 0. The lowest BCUT2D eigenvalue weighted by Crippen LogP contribution is -2.45. The molecule has 0 rings (SSSR count). The molecule has 76 valence electrons. The maximum absolute atomic E-state index is 10.4. The molecule has 0 atom stereocenters. The first kappa shape index (κ1) is 11.7. The summed E-state index contributed by atoms with van der Waals surface area (Å²) in [5.41, 5.74) is 10.4. The number of aliphatic imine (C=N–C) groups is 1. The highest BCUT2D eigenvalue weighted by atomic mass is 16.1. The predicted octanol–water partition coefficient (Wildman–Crippen LogP) is -0.435. The molecule has 5 heteroatoms. The summed E-state index contributed by atoms with van der Waals surface area (Å²) < 4.78 is 0. The molecule has 0 spiro atoms. The van der Waals surface area contributed by atoms with E-state index >= 15 is 0 Å². The zero-order chi connectivity index (χ0) is 10.5. The van der Waals surface area contributed by atoms with E-state index in [-0.39, 0.29) is 17.9 Å². The third-order valence-corrected chi connectivity index (χ3v) is 1.14. The second-order valence-corrected chi connectivity index (χ2v) is 3.86. The Morgan fingerprint density at radius 1 is 1.38 bits per heavy atom. The maximum atomic E-state index is 10.4. The number of amides is 1. The molecule has 0 aliphatic rings. The summed E-state index contributed by atoms with van der Waals surface area (Å²) in [5.74, 6) is -0.0268. The molecule has 0 bridgehead atoms. The Morgan fingerprint density at radius 3 is 2.31 bits per heavy atom. The fourth-order valence-corrected chi connectivity index (χ4v) is 0.710. The Bertz CT molecular complexity index is 205. The number of nitrogens with two attached hydrogens (primary N) is 2. The van der Waals surface area contributed by atoms with Gasteiger partial charge in [-0.25, -0.2) is 0 Å². The van der Waals surface area contributed by atoms with Gasteiger partial charge in [-0.2, -0.15) is 0 Å². The van der Waals surface area contributed by atoms with Gasteiger partial charge in [0.1, 0.15) is 0 Å². The van der Waals surface area contributed by atoms with E-state index in [4.69, 9.17) is 11.5 Å². The standard InChI is InChI=1S/C8H18N4O/c1-8(2,3)12-7(10)11-5-4-6(9)13/h4-5H2,1-3H3,(H2,9,13)(H3,10,11,12). The molecule has 0 aromatic carbocycles. The van der Waals surface area contributed by atoms with Crippen LogP contribution in [0.4, 0.5) is 0 Å². The van der Waals surface area contributed by atoms with Crippen LogP contribution >= 0.6 is 0 Å². The largest absolute Gasteiger partial charge is 0.370 e. The van der Waals surface area contributed by atoms with Crippen molar-refractivity contribution in [2.75, 3.05) is 6.54 Å². The topological polar surface area (TPSA) is 93.5 Å². The van der Waals surface area contributed by atoms with Crippen LogP contribution in [0.15, 0.2) is 4.99 Å². The second kappa shape index (κ2) is 4.69. The van der Waals surface area contributed by atoms with E-state index in [0.717, 1.165) is 0 Å². The first-order chi connectivity index (χ1) is 5.81. The summed E-state index contributed by atoms with van der Waals surface area (Å²) in [6.07, 6.45) is 0.229. The molecule has 0 aromatic heterocycles. The molecule has 0 saturated heterocycles. The van der Waals surface area contributed by atoms with E-state index in [1.807, 2.05) is 20.8 Å². The van der Waals surface area contributed by atoms with Crippen molar-refractivity contribution in [3.8, 4) is 0 Å². The molecule has 0 heterocycles. The van der Waals surface area contributed by atoms with Gasteiger partial charge < -0.3 is 16.8 Å². The van der Waals surface area contributed by atoms with E-state index in [0.29, 0.717) is 12.5 Å². The minimum absolute atomic E-state index is 0.111. The van der Waals surface area contributed by atoms with Gasteiger partial charge in [-0.05, 0) is 20.8 Å². The molecule has 13 heavy (non-hydrogen) atoms. The molecule has 0 fully saturated rings. The van der Waals surface area contributed by atoms with Crippen molar-refractivity contribution in [3.63, 3.8) is 0 Å². The van der Waals surface area contributed by atoms with Crippen LogP contribution in [0.25, 0.3) is 0 Å². The summed E-state index contributed by atoms with van der Waals surface area (Å²) in [5, 5.41) is 2.97. The maximum Gasteiger partial charge on any atom is 0.219 e. The number of hydrogen-bond donors (Lipinski definition) is 3. The van der Waals surface area contributed by atoms with Gasteiger partial charge in [0, 0.05) is 12.0 Å². The molecular weight excluding hydrogens is 168 g/mol. The van der Waals surface area contributed by atoms with Gasteiger partial charge in [0.15, 0.2) is 5.96 Å². The monoisotopic (exact) mass is 186 g/mol. The van der Waals surface area contributed by atoms with Crippen LogP contribution in [0, 0.1) is 0 Å². The van der Waals surface area contributed by atoms with Crippen LogP contribution in [0.1, 0.15) is 27.2 Å². The van der Waals surface area contributed by atoms with Crippen molar-refractivity contribution < 1.29 is 4.79 Å². The Morgan fingerprint density at radius 2 is 1.92 bits per heavy atom. The summed E-state index contributed by atoms with van der Waals surface area (Å²) >= 11 is 0. The lowest BCUT2D eigenvalue weighted by atomic mass is 10.1. The third-order valence-electron chi connectivity index (χ3n) is 1.14. The van der Waals surface area contributed by atoms with E-state index in [2.05, 4.69) is 10.3 Å². The number of nitrogens with zero attached hydrogens (tertiary/aromatic N) is 1. The van der Waals surface area contributed by atoms with Crippen molar-refractivity contribution >= 4 is 11.9 Å². The molecule has 5 N–H and O–H groups in total. The van der Waals surface area contributed by atoms with Crippen molar-refractivity contribution in [2.24, 2.45) is 16.5 Å². The number of carbonyl (C=O) groups excluding carboxylic acids is 1. The number of guanidine groups is 1. The van der Waals surface area contributed by atoms with Crippen molar-refractivity contribution in [3.05, 3.63) is 0 Å². The van der Waals surface area contributed by atoms with Crippen LogP contribution in [0.2, 0.25) is 0 Å². The van der Waals surface area contributed by atoms with Gasteiger partial charge in [-0.1, -0.05) is 0 Å². The molecule has 0 aromatic rings. The average Bonchev–Trinajstić information content (AvgIpc) is 1.81. The molecule has 0 saturated carbocycles. The van der Waals surface area contributed by atoms with Crippen molar-refractivity contribution in [2.45, 2.75) is 32.7 Å². The number of rotatable bonds is 3. The zero-order valence-electron chi connectivity index (χ0n) is 8.42. The molecule has 1 amide bonds. The van der Waals surface area contributed by atoms with Crippen molar-refractivity contribution in [1.29, 1.82) is 0 Å². The Balaban J connectivity index is 3.83. The lowest BCUT2D eigenvalue weighted by Gasteiger charge is -2.20. The fourth-order valence-electron chi connectivity index (χ4n) is 0.710. The minimum Gasteiger partial charge on any atom is -0.370 e. The first-order valence-corrected chi connectivity index (χ1v) is 4.17. The lowest BCUT2D eigenvalue weighted by molar-refractivity contribution is -0.117. The van der Waals surface area contributed by atoms with Gasteiger partial charge in [0.25, 0.3) is 0 Å².